The van der Waals surface area contributed by atoms with Gasteiger partial charge >= 0.3 is 6.18 Å². The second kappa shape index (κ2) is 4.61. The van der Waals surface area contributed by atoms with E-state index in [0.29, 0.717) is 17.1 Å². The highest BCUT2D eigenvalue weighted by Gasteiger charge is 2.29. The summed E-state index contributed by atoms with van der Waals surface area (Å²) in [5.74, 6) is 5.51. The van der Waals surface area contributed by atoms with Gasteiger partial charge in [0.1, 0.15) is 0 Å². The minimum Gasteiger partial charge on any atom is -0.307 e. The minimum absolute atomic E-state index is 0.380. The van der Waals surface area contributed by atoms with E-state index in [0.717, 1.165) is 12.1 Å². The molecule has 0 bridgehead atoms. The first-order valence-corrected chi connectivity index (χ1v) is 4.98. The second-order valence-electron chi connectivity index (χ2n) is 3.52. The molecular formula is C11H9F3N4. The van der Waals surface area contributed by atoms with E-state index in [9.17, 15) is 13.2 Å². The highest BCUT2D eigenvalue weighted by Crippen LogP contribution is 2.30. The molecule has 0 radical (unpaired) electrons. The molecule has 18 heavy (non-hydrogen) atoms. The number of halogens is 3. The Morgan fingerprint density at radius 2 is 1.61 bits per heavy atom. The van der Waals surface area contributed by atoms with Gasteiger partial charge in [0.15, 0.2) is 5.82 Å². The summed E-state index contributed by atoms with van der Waals surface area (Å²) < 4.78 is 37.1. The van der Waals surface area contributed by atoms with E-state index in [1.165, 1.54) is 12.1 Å². The smallest absolute Gasteiger partial charge is 0.307 e. The molecule has 7 heteroatoms. The highest BCUT2D eigenvalue weighted by atomic mass is 19.4. The largest absolute Gasteiger partial charge is 0.416 e. The van der Waals surface area contributed by atoms with Gasteiger partial charge in [-0.05, 0) is 24.3 Å². The van der Waals surface area contributed by atoms with Crippen molar-refractivity contribution >= 4 is 5.82 Å². The molecule has 1 aromatic heterocycles. The molecule has 0 aliphatic carbocycles. The third kappa shape index (κ3) is 2.57. The molecule has 0 saturated heterocycles. The SMILES string of the molecule is NNc1ccc(-c2ccc(C(F)(F)F)cc2)nn1. The number of nitrogens with one attached hydrogen (secondary N) is 1. The van der Waals surface area contributed by atoms with Gasteiger partial charge in [-0.1, -0.05) is 12.1 Å². The van der Waals surface area contributed by atoms with Crippen molar-refractivity contribution in [2.24, 2.45) is 5.84 Å². The van der Waals surface area contributed by atoms with E-state index in [4.69, 9.17) is 5.84 Å². The molecule has 94 valence electrons. The molecule has 0 spiro atoms. The Bertz CT molecular complexity index is 519. The molecule has 0 fully saturated rings. The molecular weight excluding hydrogens is 245 g/mol. The zero-order valence-corrected chi connectivity index (χ0v) is 9.07. The van der Waals surface area contributed by atoms with Gasteiger partial charge in [0.2, 0.25) is 0 Å². The zero-order valence-electron chi connectivity index (χ0n) is 9.07. The molecule has 0 atom stereocenters. The maximum atomic E-state index is 12.4. The topological polar surface area (TPSA) is 63.8 Å². The summed E-state index contributed by atoms with van der Waals surface area (Å²) >= 11 is 0. The summed E-state index contributed by atoms with van der Waals surface area (Å²) in [4.78, 5) is 0. The fraction of sp³-hybridized carbons (Fsp3) is 0.0909. The molecule has 3 N–H and O–H groups in total. The molecule has 0 aliphatic heterocycles. The van der Waals surface area contributed by atoms with Crippen LogP contribution in [0.2, 0.25) is 0 Å². The number of benzene rings is 1. The van der Waals surface area contributed by atoms with Crippen molar-refractivity contribution in [2.75, 3.05) is 5.43 Å². The average molecular weight is 254 g/mol. The molecule has 0 amide bonds. The van der Waals surface area contributed by atoms with Gasteiger partial charge in [-0.25, -0.2) is 5.84 Å². The van der Waals surface area contributed by atoms with E-state index < -0.39 is 11.7 Å². The first-order valence-electron chi connectivity index (χ1n) is 4.98. The maximum Gasteiger partial charge on any atom is 0.416 e. The Balaban J connectivity index is 2.28. The van der Waals surface area contributed by atoms with Crippen LogP contribution < -0.4 is 11.3 Å². The van der Waals surface area contributed by atoms with Crippen LogP contribution in [0.25, 0.3) is 11.3 Å². The number of nitrogens with two attached hydrogens (primary N) is 1. The number of nitrogen functional groups attached to an aromatic ring is 1. The van der Waals surface area contributed by atoms with Gasteiger partial charge in [0.25, 0.3) is 0 Å². The predicted octanol–water partition coefficient (Wildman–Crippen LogP) is 2.45. The molecule has 2 aromatic rings. The lowest BCUT2D eigenvalue weighted by Gasteiger charge is -2.07. The minimum atomic E-state index is -4.34. The number of hydrazine groups is 1. The molecule has 0 aliphatic rings. The van der Waals surface area contributed by atoms with Gasteiger partial charge in [0, 0.05) is 5.56 Å². The number of nitrogens with zero attached hydrogens (tertiary/aromatic N) is 2. The Hall–Kier alpha value is -2.15. The predicted molar refractivity (Wildman–Crippen MR) is 60.3 cm³/mol. The molecule has 2 rings (SSSR count). The van der Waals surface area contributed by atoms with Crippen LogP contribution in [-0.2, 0) is 6.18 Å². The van der Waals surface area contributed by atoms with Crippen LogP contribution in [0.1, 0.15) is 5.56 Å². The van der Waals surface area contributed by atoms with Gasteiger partial charge < -0.3 is 5.43 Å². The molecule has 4 nitrogen and oxygen atoms in total. The second-order valence-corrected chi connectivity index (χ2v) is 3.52. The van der Waals surface area contributed by atoms with E-state index in [-0.39, 0.29) is 0 Å². The van der Waals surface area contributed by atoms with Crippen LogP contribution in [-0.4, -0.2) is 10.2 Å². The quantitative estimate of drug-likeness (QED) is 0.638. The van der Waals surface area contributed by atoms with Crippen molar-refractivity contribution in [3.05, 3.63) is 42.0 Å². The Kier molecular flexibility index (Phi) is 3.15. The number of anilines is 1. The van der Waals surface area contributed by atoms with Crippen LogP contribution in [0.4, 0.5) is 19.0 Å². The van der Waals surface area contributed by atoms with Crippen molar-refractivity contribution in [3.8, 4) is 11.3 Å². The zero-order chi connectivity index (χ0) is 13.2. The van der Waals surface area contributed by atoms with Gasteiger partial charge in [-0.3, -0.25) is 0 Å². The summed E-state index contributed by atoms with van der Waals surface area (Å²) in [6.07, 6.45) is -4.34. The van der Waals surface area contributed by atoms with Crippen molar-refractivity contribution in [3.63, 3.8) is 0 Å². The Morgan fingerprint density at radius 1 is 0.944 bits per heavy atom. The highest BCUT2D eigenvalue weighted by molar-refractivity contribution is 5.59. The third-order valence-electron chi connectivity index (χ3n) is 2.32. The number of aromatic nitrogens is 2. The standard InChI is InChI=1S/C11H9F3N4/c12-11(13,14)8-3-1-7(2-4-8)9-5-6-10(16-15)18-17-9/h1-6H,15H2,(H,16,18). The van der Waals surface area contributed by atoms with Crippen molar-refractivity contribution in [1.82, 2.24) is 10.2 Å². The van der Waals surface area contributed by atoms with Crippen molar-refractivity contribution in [2.45, 2.75) is 6.18 Å². The number of alkyl halides is 3. The third-order valence-corrected chi connectivity index (χ3v) is 2.32. The summed E-state index contributed by atoms with van der Waals surface area (Å²) in [5.41, 5.74) is 2.65. The normalized spacial score (nSPS) is 11.3. The maximum absolute atomic E-state index is 12.4. The van der Waals surface area contributed by atoms with E-state index in [1.54, 1.807) is 12.1 Å². The lowest BCUT2D eigenvalue weighted by molar-refractivity contribution is -0.137. The molecule has 0 unspecified atom stereocenters. The van der Waals surface area contributed by atoms with Gasteiger partial charge in [-0.15, -0.1) is 10.2 Å². The summed E-state index contributed by atoms with van der Waals surface area (Å²) in [7, 11) is 0. The van der Waals surface area contributed by atoms with Gasteiger partial charge in [0.05, 0.1) is 11.3 Å². The van der Waals surface area contributed by atoms with Crippen LogP contribution >= 0.6 is 0 Å². The lowest BCUT2D eigenvalue weighted by atomic mass is 10.1. The number of hydrogen-bond acceptors (Lipinski definition) is 4. The van der Waals surface area contributed by atoms with Crippen LogP contribution in [0, 0.1) is 0 Å². The van der Waals surface area contributed by atoms with E-state index >= 15 is 0 Å². The first-order chi connectivity index (χ1) is 8.50. The molecule has 0 saturated carbocycles. The molecule has 1 heterocycles. The number of rotatable bonds is 2. The van der Waals surface area contributed by atoms with Crippen molar-refractivity contribution < 1.29 is 13.2 Å². The fourth-order valence-electron chi connectivity index (χ4n) is 1.39. The van der Waals surface area contributed by atoms with E-state index in [1.807, 2.05) is 0 Å². The summed E-state index contributed by atoms with van der Waals surface area (Å²) in [5, 5.41) is 7.57. The Labute approximate surface area is 101 Å². The Morgan fingerprint density at radius 3 is 2.06 bits per heavy atom. The monoisotopic (exact) mass is 254 g/mol. The summed E-state index contributed by atoms with van der Waals surface area (Å²) in [6, 6.07) is 7.91. The van der Waals surface area contributed by atoms with E-state index in [2.05, 4.69) is 15.6 Å². The lowest BCUT2D eigenvalue weighted by Crippen LogP contribution is -2.09. The first kappa shape index (κ1) is 12.3. The van der Waals surface area contributed by atoms with Crippen LogP contribution in [0.5, 0.6) is 0 Å². The number of hydrogen-bond donors (Lipinski definition) is 2. The fourth-order valence-corrected chi connectivity index (χ4v) is 1.39. The van der Waals surface area contributed by atoms with Crippen LogP contribution in [0.15, 0.2) is 36.4 Å². The van der Waals surface area contributed by atoms with Crippen LogP contribution in [0.3, 0.4) is 0 Å². The summed E-state index contributed by atoms with van der Waals surface area (Å²) in [6.45, 7) is 0. The van der Waals surface area contributed by atoms with Crippen molar-refractivity contribution in [1.29, 1.82) is 0 Å². The average Bonchev–Trinajstić information content (AvgIpc) is 2.38. The molecule has 1 aromatic carbocycles. The van der Waals surface area contributed by atoms with Gasteiger partial charge in [-0.2, -0.15) is 13.2 Å².